The SMILES string of the molecule is COc1cc(OC)c(NC(=S)Nc2cccc(Cl)c2F)cc1Cl. The summed E-state index contributed by atoms with van der Waals surface area (Å²) < 4.78 is 24.2. The Morgan fingerprint density at radius 2 is 1.65 bits per heavy atom. The summed E-state index contributed by atoms with van der Waals surface area (Å²) in [6.07, 6.45) is 0. The van der Waals surface area contributed by atoms with E-state index in [1.165, 1.54) is 26.4 Å². The molecule has 0 radical (unpaired) electrons. The number of methoxy groups -OCH3 is 2. The molecule has 8 heteroatoms. The molecule has 0 atom stereocenters. The van der Waals surface area contributed by atoms with Crippen LogP contribution in [0.15, 0.2) is 30.3 Å². The number of thiocarbonyl (C=S) groups is 1. The molecule has 2 N–H and O–H groups in total. The molecule has 0 amide bonds. The van der Waals surface area contributed by atoms with Gasteiger partial charge in [-0.05, 0) is 30.4 Å². The molecule has 0 fully saturated rings. The highest BCUT2D eigenvalue weighted by molar-refractivity contribution is 7.80. The van der Waals surface area contributed by atoms with E-state index in [4.69, 9.17) is 44.9 Å². The van der Waals surface area contributed by atoms with E-state index in [0.717, 1.165) is 0 Å². The van der Waals surface area contributed by atoms with Gasteiger partial charge in [-0.25, -0.2) is 4.39 Å². The van der Waals surface area contributed by atoms with Gasteiger partial charge >= 0.3 is 0 Å². The van der Waals surface area contributed by atoms with Gasteiger partial charge in [0.15, 0.2) is 10.9 Å². The maximum absolute atomic E-state index is 13.9. The van der Waals surface area contributed by atoms with Gasteiger partial charge in [0.05, 0.1) is 35.6 Å². The van der Waals surface area contributed by atoms with Crippen molar-refractivity contribution in [3.8, 4) is 11.5 Å². The molecule has 0 aromatic heterocycles. The molecule has 0 saturated carbocycles. The van der Waals surface area contributed by atoms with Crippen molar-refractivity contribution in [1.29, 1.82) is 0 Å². The monoisotopic (exact) mass is 374 g/mol. The molecule has 0 bridgehead atoms. The molecule has 2 rings (SSSR count). The van der Waals surface area contributed by atoms with Crippen molar-refractivity contribution < 1.29 is 13.9 Å². The van der Waals surface area contributed by atoms with Crippen molar-refractivity contribution in [2.24, 2.45) is 0 Å². The largest absolute Gasteiger partial charge is 0.495 e. The average molecular weight is 375 g/mol. The van der Waals surface area contributed by atoms with Crippen LogP contribution in [0.2, 0.25) is 10.0 Å². The zero-order valence-corrected chi connectivity index (χ0v) is 14.6. The molecule has 4 nitrogen and oxygen atoms in total. The van der Waals surface area contributed by atoms with Gasteiger partial charge in [0.25, 0.3) is 0 Å². The molecule has 23 heavy (non-hydrogen) atoms. The Hall–Kier alpha value is -1.76. The van der Waals surface area contributed by atoms with Gasteiger partial charge in [0.2, 0.25) is 0 Å². The minimum Gasteiger partial charge on any atom is -0.495 e. The van der Waals surface area contributed by atoms with Crippen LogP contribution in [0.25, 0.3) is 0 Å². The fraction of sp³-hybridized carbons (Fsp3) is 0.133. The number of hydrogen-bond acceptors (Lipinski definition) is 3. The van der Waals surface area contributed by atoms with Crippen molar-refractivity contribution in [3.63, 3.8) is 0 Å². The summed E-state index contributed by atoms with van der Waals surface area (Å²) in [6, 6.07) is 7.80. The minimum atomic E-state index is -0.585. The van der Waals surface area contributed by atoms with Gasteiger partial charge in [-0.15, -0.1) is 0 Å². The first kappa shape index (κ1) is 17.6. The summed E-state index contributed by atoms with van der Waals surface area (Å²) in [7, 11) is 3.00. The van der Waals surface area contributed by atoms with E-state index in [-0.39, 0.29) is 15.8 Å². The Morgan fingerprint density at radius 3 is 2.30 bits per heavy atom. The van der Waals surface area contributed by atoms with Crippen LogP contribution < -0.4 is 20.1 Å². The highest BCUT2D eigenvalue weighted by atomic mass is 35.5. The molecule has 122 valence electrons. The van der Waals surface area contributed by atoms with Crippen LogP contribution >= 0.6 is 35.4 Å². The number of rotatable bonds is 4. The molecular formula is C15H13Cl2FN2O2S. The van der Waals surface area contributed by atoms with Crippen molar-refractivity contribution >= 4 is 51.9 Å². The molecule has 0 aliphatic rings. The van der Waals surface area contributed by atoms with E-state index in [0.29, 0.717) is 22.2 Å². The lowest BCUT2D eigenvalue weighted by Crippen LogP contribution is -2.20. The highest BCUT2D eigenvalue weighted by Gasteiger charge is 2.12. The van der Waals surface area contributed by atoms with E-state index in [1.54, 1.807) is 18.2 Å². The third kappa shape index (κ3) is 4.16. The van der Waals surface area contributed by atoms with Gasteiger partial charge in [0.1, 0.15) is 11.5 Å². The molecular weight excluding hydrogens is 362 g/mol. The van der Waals surface area contributed by atoms with Gasteiger partial charge < -0.3 is 20.1 Å². The maximum atomic E-state index is 13.9. The molecule has 0 spiro atoms. The number of anilines is 2. The summed E-state index contributed by atoms with van der Waals surface area (Å²) in [4.78, 5) is 0. The predicted molar refractivity (Wildman–Crippen MR) is 95.8 cm³/mol. The molecule has 0 unspecified atom stereocenters. The Kier molecular flexibility index (Phi) is 5.87. The van der Waals surface area contributed by atoms with Crippen LogP contribution in [-0.2, 0) is 0 Å². The second-order valence-electron chi connectivity index (χ2n) is 4.37. The molecule has 2 aromatic rings. The number of halogens is 3. The van der Waals surface area contributed by atoms with Crippen molar-refractivity contribution in [2.75, 3.05) is 24.9 Å². The molecule has 0 heterocycles. The zero-order valence-electron chi connectivity index (χ0n) is 12.2. The number of ether oxygens (including phenoxy) is 2. The number of hydrogen-bond donors (Lipinski definition) is 2. The minimum absolute atomic E-state index is 0.00266. The van der Waals surface area contributed by atoms with Crippen molar-refractivity contribution in [2.45, 2.75) is 0 Å². The van der Waals surface area contributed by atoms with Crippen LogP contribution in [0.3, 0.4) is 0 Å². The van der Waals surface area contributed by atoms with Gasteiger partial charge in [0, 0.05) is 6.07 Å². The number of nitrogens with one attached hydrogen (secondary N) is 2. The smallest absolute Gasteiger partial charge is 0.175 e. The van der Waals surface area contributed by atoms with Crippen LogP contribution in [0, 0.1) is 5.82 Å². The fourth-order valence-corrected chi connectivity index (χ4v) is 2.47. The fourth-order valence-electron chi connectivity index (χ4n) is 1.83. The van der Waals surface area contributed by atoms with Gasteiger partial charge in [-0.2, -0.15) is 0 Å². The first-order valence-corrected chi connectivity index (χ1v) is 7.56. The first-order chi connectivity index (χ1) is 11.0. The second-order valence-corrected chi connectivity index (χ2v) is 5.59. The predicted octanol–water partition coefficient (Wildman–Crippen LogP) is 4.96. The Bertz CT molecular complexity index is 744. The lowest BCUT2D eigenvalue weighted by molar-refractivity contribution is 0.396. The average Bonchev–Trinajstić information content (AvgIpc) is 2.52. The molecule has 0 aliphatic heterocycles. The molecule has 0 saturated heterocycles. The lowest BCUT2D eigenvalue weighted by Gasteiger charge is -2.15. The molecule has 0 aliphatic carbocycles. The third-order valence-corrected chi connectivity index (χ3v) is 3.71. The number of benzene rings is 2. The lowest BCUT2D eigenvalue weighted by atomic mass is 10.2. The van der Waals surface area contributed by atoms with Gasteiger partial charge in [-0.1, -0.05) is 29.3 Å². The van der Waals surface area contributed by atoms with Crippen molar-refractivity contribution in [1.82, 2.24) is 0 Å². The summed E-state index contributed by atoms with van der Waals surface area (Å²) >= 11 is 17.0. The second kappa shape index (κ2) is 7.68. The quantitative estimate of drug-likeness (QED) is 0.740. The van der Waals surface area contributed by atoms with E-state index >= 15 is 0 Å². The maximum Gasteiger partial charge on any atom is 0.175 e. The summed E-state index contributed by atoms with van der Waals surface area (Å²) in [5, 5.41) is 6.17. The summed E-state index contributed by atoms with van der Waals surface area (Å²) in [5.74, 6) is 0.355. The highest BCUT2D eigenvalue weighted by Crippen LogP contribution is 2.36. The Balaban J connectivity index is 2.20. The Morgan fingerprint density at radius 1 is 1.00 bits per heavy atom. The normalized spacial score (nSPS) is 10.1. The third-order valence-electron chi connectivity index (χ3n) is 2.92. The van der Waals surface area contributed by atoms with E-state index in [1.807, 2.05) is 0 Å². The van der Waals surface area contributed by atoms with Gasteiger partial charge in [-0.3, -0.25) is 0 Å². The topological polar surface area (TPSA) is 42.5 Å². The van der Waals surface area contributed by atoms with E-state index < -0.39 is 5.82 Å². The Labute approximate surface area is 148 Å². The van der Waals surface area contributed by atoms with E-state index in [9.17, 15) is 4.39 Å². The summed E-state index contributed by atoms with van der Waals surface area (Å²) in [5.41, 5.74) is 0.673. The van der Waals surface area contributed by atoms with Crippen LogP contribution in [-0.4, -0.2) is 19.3 Å². The van der Waals surface area contributed by atoms with Crippen LogP contribution in [0.5, 0.6) is 11.5 Å². The van der Waals surface area contributed by atoms with Crippen LogP contribution in [0.4, 0.5) is 15.8 Å². The molecule has 2 aromatic carbocycles. The summed E-state index contributed by atoms with van der Waals surface area (Å²) in [6.45, 7) is 0. The van der Waals surface area contributed by atoms with E-state index in [2.05, 4.69) is 10.6 Å². The first-order valence-electron chi connectivity index (χ1n) is 6.39. The van der Waals surface area contributed by atoms with Crippen LogP contribution in [0.1, 0.15) is 0 Å². The van der Waals surface area contributed by atoms with Crippen molar-refractivity contribution in [3.05, 3.63) is 46.2 Å². The zero-order chi connectivity index (χ0) is 17.0. The standard InChI is InChI=1S/C15H13Cl2FN2O2S/c1-21-12-7-13(22-2)11(6-9(12)17)20-15(23)19-10-5-3-4-8(16)14(10)18/h3-7H,1-2H3,(H2,19,20,23).